The summed E-state index contributed by atoms with van der Waals surface area (Å²) in [5, 5.41) is 3.51. The molecule has 1 saturated carbocycles. The molecule has 1 aromatic carbocycles. The summed E-state index contributed by atoms with van der Waals surface area (Å²) in [5.74, 6) is -0.882. The van der Waals surface area contributed by atoms with E-state index in [0.717, 1.165) is 10.2 Å². The molecule has 1 aliphatic carbocycles. The summed E-state index contributed by atoms with van der Waals surface area (Å²) in [6.07, 6.45) is -1.56. The first-order valence-corrected chi connectivity index (χ1v) is 10.6. The smallest absolute Gasteiger partial charge is 0.368 e. The van der Waals surface area contributed by atoms with E-state index in [1.807, 2.05) is 19.1 Å². The lowest BCUT2D eigenvalue weighted by Gasteiger charge is -2.10. The third kappa shape index (κ3) is 5.75. The highest BCUT2D eigenvalue weighted by Gasteiger charge is 2.37. The van der Waals surface area contributed by atoms with E-state index in [0.29, 0.717) is 18.0 Å². The highest BCUT2D eigenvalue weighted by Crippen LogP contribution is 2.41. The van der Waals surface area contributed by atoms with Gasteiger partial charge in [0.05, 0.1) is 5.69 Å². The van der Waals surface area contributed by atoms with Crippen LogP contribution >= 0.6 is 21.4 Å². The van der Waals surface area contributed by atoms with Gasteiger partial charge in [-0.1, -0.05) is 19.1 Å². The normalized spacial score (nSPS) is 14.7. The van der Waals surface area contributed by atoms with Gasteiger partial charge >= 0.3 is 14.4 Å². The first kappa shape index (κ1) is 20.8. The van der Waals surface area contributed by atoms with Crippen LogP contribution in [0.2, 0.25) is 0 Å². The fraction of sp³-hybridized carbons (Fsp3) is 0.429. The molecule has 1 heterocycles. The van der Waals surface area contributed by atoms with Crippen LogP contribution in [-0.2, 0) is 20.9 Å². The van der Waals surface area contributed by atoms with Crippen molar-refractivity contribution in [3.05, 3.63) is 35.2 Å². The Balaban J connectivity index is 0.000000431. The van der Waals surface area contributed by atoms with E-state index in [2.05, 4.69) is 31.4 Å². The predicted molar refractivity (Wildman–Crippen MR) is 92.8 cm³/mol. The van der Waals surface area contributed by atoms with Crippen LogP contribution < -0.4 is 5.73 Å². The molecule has 2 aromatic rings. The van der Waals surface area contributed by atoms with E-state index in [9.17, 15) is 13.2 Å². The average molecular weight is 431 g/mol. The van der Waals surface area contributed by atoms with Gasteiger partial charge in [-0.2, -0.15) is 31.3 Å². The van der Waals surface area contributed by atoms with Crippen LogP contribution in [0.3, 0.4) is 0 Å². The number of aromatic nitrogens is 3. The molecular weight excluding hydrogens is 416 g/mol. The van der Waals surface area contributed by atoms with Gasteiger partial charge in [0, 0.05) is 21.4 Å². The zero-order chi connectivity index (χ0) is 19.7. The molecule has 0 bridgehead atoms. The van der Waals surface area contributed by atoms with Gasteiger partial charge in [0.15, 0.2) is 0 Å². The van der Waals surface area contributed by atoms with Crippen molar-refractivity contribution in [1.29, 1.82) is 0 Å². The van der Waals surface area contributed by atoms with Crippen molar-refractivity contribution in [2.24, 2.45) is 0 Å². The Bertz CT molecular complexity index is 888. The van der Waals surface area contributed by atoms with E-state index >= 15 is 0 Å². The summed E-state index contributed by atoms with van der Waals surface area (Å²) >= 11 is 0. The third-order valence-electron chi connectivity index (χ3n) is 3.65. The zero-order valence-electron chi connectivity index (χ0n) is 13.5. The molecule has 12 heteroatoms. The van der Waals surface area contributed by atoms with Gasteiger partial charge in [-0.15, -0.1) is 5.10 Å². The summed E-state index contributed by atoms with van der Waals surface area (Å²) in [6.45, 7) is 1.95. The molecule has 0 spiro atoms. The Morgan fingerprint density at radius 3 is 2.31 bits per heavy atom. The van der Waals surface area contributed by atoms with Crippen molar-refractivity contribution < 1.29 is 21.6 Å². The molecule has 0 saturated heterocycles. The van der Waals surface area contributed by atoms with Crippen LogP contribution in [0.4, 0.5) is 19.1 Å². The van der Waals surface area contributed by atoms with Crippen molar-refractivity contribution >= 4 is 35.6 Å². The minimum atomic E-state index is -4.60. The number of aryl methyl sites for hydroxylation is 1. The minimum absolute atomic E-state index is 0.254. The fourth-order valence-electron chi connectivity index (χ4n) is 2.39. The maximum absolute atomic E-state index is 12.7. The molecule has 0 aliphatic heterocycles. The lowest BCUT2D eigenvalue weighted by molar-refractivity contribution is -0.144. The second-order valence-corrected chi connectivity index (χ2v) is 9.27. The lowest BCUT2D eigenvalue weighted by atomic mass is 10.0. The number of hydrogen-bond acceptors (Lipinski definition) is 5. The van der Waals surface area contributed by atoms with Crippen molar-refractivity contribution in [3.8, 4) is 5.69 Å². The Morgan fingerprint density at radius 2 is 1.88 bits per heavy atom. The Morgan fingerprint density at radius 1 is 1.31 bits per heavy atom. The van der Waals surface area contributed by atoms with Crippen molar-refractivity contribution in [2.75, 3.05) is 5.73 Å². The molecule has 1 aliphatic rings. The van der Waals surface area contributed by atoms with E-state index in [4.69, 9.17) is 14.2 Å². The van der Waals surface area contributed by atoms with Crippen LogP contribution in [-0.4, -0.2) is 23.2 Å². The number of nitrogens with two attached hydrogens (primary N) is 1. The van der Waals surface area contributed by atoms with E-state index < -0.39 is 20.3 Å². The van der Waals surface area contributed by atoms with Crippen molar-refractivity contribution in [1.82, 2.24) is 14.8 Å². The summed E-state index contributed by atoms with van der Waals surface area (Å²) in [4.78, 5) is 3.31. The van der Waals surface area contributed by atoms with Crippen LogP contribution in [0.1, 0.15) is 42.6 Å². The summed E-state index contributed by atoms with van der Waals surface area (Å²) < 4.78 is 57.4. The second kappa shape index (κ2) is 7.61. The van der Waals surface area contributed by atoms with Crippen LogP contribution in [0.15, 0.2) is 18.2 Å². The van der Waals surface area contributed by atoms with Gasteiger partial charge < -0.3 is 5.73 Å². The predicted octanol–water partition coefficient (Wildman–Crippen LogP) is 4.02. The Kier molecular flexibility index (Phi) is 6.09. The molecule has 0 atom stereocenters. The van der Waals surface area contributed by atoms with Crippen LogP contribution in [0.5, 0.6) is 0 Å². The highest BCUT2D eigenvalue weighted by molar-refractivity contribution is 8.31. The number of nitrogen functional groups attached to an aromatic ring is 1. The van der Waals surface area contributed by atoms with E-state index in [1.54, 1.807) is 6.07 Å². The van der Waals surface area contributed by atoms with Crippen LogP contribution in [0, 0.1) is 0 Å². The fourth-order valence-corrected chi connectivity index (χ4v) is 2.39. The molecule has 2 N–H and O–H groups in total. The average Bonchev–Trinajstić information content (AvgIpc) is 3.26. The Labute approximate surface area is 157 Å². The number of halogens is 5. The zero-order valence-corrected chi connectivity index (χ0v) is 15.8. The molecular formula is C14H15Cl2F3N4O2S. The Hall–Kier alpha value is -1.52. The third-order valence-corrected chi connectivity index (χ3v) is 3.65. The van der Waals surface area contributed by atoms with Gasteiger partial charge in [0.25, 0.3) is 5.82 Å². The molecule has 0 unspecified atom stereocenters. The van der Waals surface area contributed by atoms with Crippen molar-refractivity contribution in [3.63, 3.8) is 0 Å². The monoisotopic (exact) mass is 430 g/mol. The number of anilines is 1. The molecule has 6 nitrogen and oxygen atoms in total. The van der Waals surface area contributed by atoms with Gasteiger partial charge in [0.2, 0.25) is 5.95 Å². The summed E-state index contributed by atoms with van der Waals surface area (Å²) in [5.41, 5.74) is 8.30. The first-order valence-electron chi connectivity index (χ1n) is 7.47. The van der Waals surface area contributed by atoms with Gasteiger partial charge in [-0.3, -0.25) is 0 Å². The molecule has 0 amide bonds. The van der Waals surface area contributed by atoms with E-state index in [1.165, 1.54) is 18.4 Å². The quantitative estimate of drug-likeness (QED) is 0.742. The van der Waals surface area contributed by atoms with E-state index in [-0.39, 0.29) is 5.95 Å². The molecule has 1 fully saturated rings. The second-order valence-electron chi connectivity index (χ2n) is 5.60. The number of hydrogen-bond donors (Lipinski definition) is 1. The number of benzene rings is 1. The maximum atomic E-state index is 12.7. The number of nitrogens with zero attached hydrogens (tertiary/aromatic N) is 3. The lowest BCUT2D eigenvalue weighted by Crippen LogP contribution is -2.09. The number of rotatable bonds is 3. The molecule has 1 aromatic heterocycles. The standard InChI is InChI=1S/C14H15F3N4.Cl2O2S/c1-2-8-7-10(9-3-4-9)5-6-11(8)21-13(18)19-12(20-21)14(15,16)17;1-5(2,3)4/h5-7,9H,2-4H2,1H3,(H2,18,19,20);. The molecule has 144 valence electrons. The van der Waals surface area contributed by atoms with Gasteiger partial charge in [-0.05, 0) is 42.4 Å². The van der Waals surface area contributed by atoms with Crippen LogP contribution in [0.25, 0.3) is 5.69 Å². The first-order chi connectivity index (χ1) is 11.9. The molecule has 3 rings (SSSR count). The molecule has 26 heavy (non-hydrogen) atoms. The minimum Gasteiger partial charge on any atom is -0.368 e. The van der Waals surface area contributed by atoms with Gasteiger partial charge in [-0.25, -0.2) is 0 Å². The highest BCUT2D eigenvalue weighted by atomic mass is 36.0. The summed E-state index contributed by atoms with van der Waals surface area (Å²) in [7, 11) is 4.81. The maximum Gasteiger partial charge on any atom is 0.453 e. The van der Waals surface area contributed by atoms with Gasteiger partial charge in [0.1, 0.15) is 0 Å². The van der Waals surface area contributed by atoms with Crippen molar-refractivity contribution in [2.45, 2.75) is 38.3 Å². The largest absolute Gasteiger partial charge is 0.453 e. The number of alkyl halides is 3. The summed E-state index contributed by atoms with van der Waals surface area (Å²) in [6, 6.07) is 5.74. The SMILES string of the molecule is CCc1cc(C2CC2)ccc1-n1nc(C(F)(F)F)nc1N.O=S(=O)(Cl)Cl. The topological polar surface area (TPSA) is 90.9 Å². The molecule has 0 radical (unpaired) electrons.